The van der Waals surface area contributed by atoms with Crippen molar-refractivity contribution in [2.75, 3.05) is 23.3 Å². The molecule has 2 amide bonds. The molecule has 0 radical (unpaired) electrons. The number of anilines is 2. The average molecular weight is 469 g/mol. The number of hydrogen-bond acceptors (Lipinski definition) is 5. The number of aromatic nitrogens is 2. The van der Waals surface area contributed by atoms with Crippen molar-refractivity contribution in [1.82, 2.24) is 15.3 Å². The van der Waals surface area contributed by atoms with Crippen LogP contribution in [-0.2, 0) is 19.0 Å². The van der Waals surface area contributed by atoms with Crippen LogP contribution in [0.5, 0.6) is 11.6 Å². The molecule has 0 saturated carbocycles. The number of benzene rings is 2. The smallest absolute Gasteiger partial charge is 0.416 e. The predicted octanol–water partition coefficient (Wildman–Crippen LogP) is 5.09. The molecule has 2 aliphatic heterocycles. The molecule has 10 heteroatoms. The van der Waals surface area contributed by atoms with Gasteiger partial charge in [0.2, 0.25) is 5.88 Å². The van der Waals surface area contributed by atoms with Crippen LogP contribution in [0, 0.1) is 0 Å². The Morgan fingerprint density at radius 3 is 2.85 bits per heavy atom. The van der Waals surface area contributed by atoms with Gasteiger partial charge in [-0.25, -0.2) is 14.8 Å². The summed E-state index contributed by atoms with van der Waals surface area (Å²) in [7, 11) is 0. The van der Waals surface area contributed by atoms with E-state index in [0.717, 1.165) is 41.9 Å². The van der Waals surface area contributed by atoms with Crippen LogP contribution in [0.2, 0.25) is 0 Å². The van der Waals surface area contributed by atoms with Crippen LogP contribution in [-0.4, -0.2) is 29.1 Å². The fourth-order valence-corrected chi connectivity index (χ4v) is 4.34. The number of carbonyl (C=O) groups is 1. The van der Waals surface area contributed by atoms with Gasteiger partial charge in [0.15, 0.2) is 0 Å². The van der Waals surface area contributed by atoms with E-state index in [-0.39, 0.29) is 11.7 Å². The van der Waals surface area contributed by atoms with E-state index in [1.54, 1.807) is 12.1 Å². The first kappa shape index (κ1) is 22.1. The lowest BCUT2D eigenvalue weighted by atomic mass is 10.0. The number of fused-ring (bicyclic) bond motifs is 2. The number of urea groups is 1. The number of ether oxygens (including phenoxy) is 1. The van der Waals surface area contributed by atoms with Crippen molar-refractivity contribution >= 4 is 17.4 Å². The third-order valence-corrected chi connectivity index (χ3v) is 6.02. The monoisotopic (exact) mass is 469 g/mol. The highest BCUT2D eigenvalue weighted by atomic mass is 19.4. The van der Waals surface area contributed by atoms with Crippen molar-refractivity contribution < 1.29 is 22.7 Å². The summed E-state index contributed by atoms with van der Waals surface area (Å²) < 4.78 is 45.0. The van der Waals surface area contributed by atoms with Gasteiger partial charge in [-0.2, -0.15) is 13.2 Å². The number of carbonyl (C=O) groups excluding carboxylic acids is 1. The van der Waals surface area contributed by atoms with E-state index in [1.165, 1.54) is 23.4 Å². The summed E-state index contributed by atoms with van der Waals surface area (Å²) in [6.45, 7) is 3.27. The van der Waals surface area contributed by atoms with Gasteiger partial charge in [0, 0.05) is 36.1 Å². The van der Waals surface area contributed by atoms with E-state index in [1.807, 2.05) is 13.0 Å². The second-order valence-electron chi connectivity index (χ2n) is 8.27. The molecule has 1 unspecified atom stereocenters. The molecule has 3 aromatic rings. The quantitative estimate of drug-likeness (QED) is 0.559. The third kappa shape index (κ3) is 4.28. The van der Waals surface area contributed by atoms with Crippen LogP contribution in [0.15, 0.2) is 48.8 Å². The van der Waals surface area contributed by atoms with Gasteiger partial charge in [0.05, 0.1) is 11.3 Å². The summed E-state index contributed by atoms with van der Waals surface area (Å²) in [5.41, 5.74) is 2.79. The lowest BCUT2D eigenvalue weighted by Crippen LogP contribution is -2.33. The first-order chi connectivity index (χ1) is 16.3. The lowest BCUT2D eigenvalue weighted by Gasteiger charge is -2.23. The topological polar surface area (TPSA) is 79.4 Å². The van der Waals surface area contributed by atoms with Crippen molar-refractivity contribution in [1.29, 1.82) is 0 Å². The average Bonchev–Trinajstić information content (AvgIpc) is 3.23. The molecule has 1 aromatic heterocycles. The maximum absolute atomic E-state index is 13.0. The number of rotatable bonds is 3. The molecule has 176 valence electrons. The lowest BCUT2D eigenvalue weighted by molar-refractivity contribution is -0.137. The van der Waals surface area contributed by atoms with Crippen molar-refractivity contribution in [2.45, 2.75) is 32.0 Å². The minimum absolute atomic E-state index is 0.0884. The molecule has 2 aromatic carbocycles. The van der Waals surface area contributed by atoms with E-state index in [4.69, 9.17) is 4.74 Å². The molecule has 0 spiro atoms. The molecule has 34 heavy (non-hydrogen) atoms. The second kappa shape index (κ2) is 8.60. The van der Waals surface area contributed by atoms with Crippen LogP contribution >= 0.6 is 0 Å². The molecule has 2 aliphatic rings. The Morgan fingerprint density at radius 2 is 2.03 bits per heavy atom. The zero-order chi connectivity index (χ0) is 23.9. The summed E-state index contributed by atoms with van der Waals surface area (Å²) in [5.74, 6) is 1.13. The predicted molar refractivity (Wildman–Crippen MR) is 120 cm³/mol. The Morgan fingerprint density at radius 1 is 1.18 bits per heavy atom. The Kier molecular flexibility index (Phi) is 5.60. The Balaban J connectivity index is 1.32. The largest absolute Gasteiger partial charge is 0.439 e. The van der Waals surface area contributed by atoms with E-state index in [2.05, 4.69) is 20.6 Å². The second-order valence-corrected chi connectivity index (χ2v) is 8.27. The number of alkyl halides is 3. The van der Waals surface area contributed by atoms with Gasteiger partial charge in [-0.15, -0.1) is 0 Å². The Hall–Kier alpha value is -3.66. The molecule has 0 saturated heterocycles. The van der Waals surface area contributed by atoms with Crippen molar-refractivity contribution in [3.63, 3.8) is 0 Å². The summed E-state index contributed by atoms with van der Waals surface area (Å²) in [5, 5.41) is 5.92. The normalized spacial score (nSPS) is 17.2. The summed E-state index contributed by atoms with van der Waals surface area (Å²) >= 11 is 0. The van der Waals surface area contributed by atoms with Gasteiger partial charge in [0.1, 0.15) is 12.1 Å². The maximum atomic E-state index is 13.0. The van der Waals surface area contributed by atoms with Crippen LogP contribution in [0.3, 0.4) is 0 Å². The Labute approximate surface area is 194 Å². The fourth-order valence-electron chi connectivity index (χ4n) is 4.34. The van der Waals surface area contributed by atoms with E-state index in [9.17, 15) is 18.0 Å². The fraction of sp³-hybridized carbons (Fsp3) is 0.292. The zero-order valence-corrected chi connectivity index (χ0v) is 18.3. The summed E-state index contributed by atoms with van der Waals surface area (Å²) in [6.07, 6.45) is -1.62. The van der Waals surface area contributed by atoms with Gasteiger partial charge in [0.25, 0.3) is 0 Å². The number of hydrogen-bond donors (Lipinski definition) is 2. The van der Waals surface area contributed by atoms with E-state index < -0.39 is 17.8 Å². The van der Waals surface area contributed by atoms with Crippen LogP contribution in [0.1, 0.15) is 35.3 Å². The third-order valence-electron chi connectivity index (χ3n) is 6.02. The summed E-state index contributed by atoms with van der Waals surface area (Å²) in [6, 6.07) is 9.62. The molecular weight excluding hydrogens is 447 g/mol. The number of nitrogens with zero attached hydrogens (tertiary/aromatic N) is 3. The van der Waals surface area contributed by atoms with Gasteiger partial charge in [-0.3, -0.25) is 4.90 Å². The number of amides is 2. The van der Waals surface area contributed by atoms with Crippen molar-refractivity contribution in [3.05, 3.63) is 71.2 Å². The van der Waals surface area contributed by atoms with Crippen LogP contribution < -0.4 is 20.3 Å². The number of nitrogens with one attached hydrogen (secondary N) is 2. The van der Waals surface area contributed by atoms with E-state index >= 15 is 0 Å². The van der Waals surface area contributed by atoms with Gasteiger partial charge in [-0.1, -0.05) is 6.07 Å². The SMILES string of the molecule is CC1NCCc2c(Oc3ccc4c(c3)CCN4C(=O)Nc3cccc(C(F)(F)F)c3)ncnc21. The first-order valence-corrected chi connectivity index (χ1v) is 10.9. The minimum Gasteiger partial charge on any atom is -0.439 e. The van der Waals surface area contributed by atoms with Crippen molar-refractivity contribution in [2.24, 2.45) is 0 Å². The molecule has 0 aliphatic carbocycles. The molecule has 3 heterocycles. The maximum Gasteiger partial charge on any atom is 0.416 e. The van der Waals surface area contributed by atoms with Crippen LogP contribution in [0.25, 0.3) is 0 Å². The van der Waals surface area contributed by atoms with Gasteiger partial charge >= 0.3 is 12.2 Å². The minimum atomic E-state index is -4.48. The molecule has 2 N–H and O–H groups in total. The summed E-state index contributed by atoms with van der Waals surface area (Å²) in [4.78, 5) is 23.0. The molecule has 1 atom stereocenters. The number of halogens is 3. The van der Waals surface area contributed by atoms with Gasteiger partial charge in [-0.05, 0) is 61.7 Å². The molecule has 7 nitrogen and oxygen atoms in total. The molecule has 5 rings (SSSR count). The van der Waals surface area contributed by atoms with Gasteiger partial charge < -0.3 is 15.4 Å². The van der Waals surface area contributed by atoms with Crippen molar-refractivity contribution in [3.8, 4) is 11.6 Å². The molecule has 0 bridgehead atoms. The highest BCUT2D eigenvalue weighted by molar-refractivity contribution is 6.03. The highest BCUT2D eigenvalue weighted by Gasteiger charge is 2.31. The Bertz CT molecular complexity index is 1250. The van der Waals surface area contributed by atoms with Crippen LogP contribution in [0.4, 0.5) is 29.3 Å². The standard InChI is InChI=1S/C24H22F3N5O2/c1-14-21-19(7-9-28-14)22(30-13-29-21)34-18-5-6-20-15(11-18)8-10-32(20)23(33)31-17-4-2-3-16(12-17)24(25,26)27/h2-6,11-14,28H,7-10H2,1H3,(H,31,33). The molecule has 0 fully saturated rings. The first-order valence-electron chi connectivity index (χ1n) is 10.9. The molecular formula is C24H22F3N5O2. The zero-order valence-electron chi connectivity index (χ0n) is 18.3. The van der Waals surface area contributed by atoms with E-state index in [0.29, 0.717) is 30.3 Å². The highest BCUT2D eigenvalue weighted by Crippen LogP contribution is 2.36.